The molecule has 1 rings (SSSR count). The van der Waals surface area contributed by atoms with E-state index in [1.54, 1.807) is 5.56 Å². The minimum Gasteiger partial charge on any atom is -0.261 e. The smallest absolute Gasteiger partial charge is 0.0404 e. The molecule has 0 spiro atoms. The van der Waals surface area contributed by atoms with Crippen molar-refractivity contribution in [3.05, 3.63) is 28.6 Å². The van der Waals surface area contributed by atoms with Gasteiger partial charge in [0, 0.05) is 11.9 Å². The predicted molar refractivity (Wildman–Crippen MR) is 61.7 cm³/mol. The van der Waals surface area contributed by atoms with E-state index in [-0.39, 0.29) is 0 Å². The SMILES string of the molecule is CCCCc1c(CC)cnc(C)c1C. The largest absolute Gasteiger partial charge is 0.261 e. The number of rotatable bonds is 4. The molecule has 1 aromatic rings. The lowest BCUT2D eigenvalue weighted by atomic mass is 9.96. The summed E-state index contributed by atoms with van der Waals surface area (Å²) in [5, 5.41) is 0. The van der Waals surface area contributed by atoms with Crippen LogP contribution in [0.25, 0.3) is 0 Å². The van der Waals surface area contributed by atoms with Crippen LogP contribution in [-0.4, -0.2) is 4.98 Å². The van der Waals surface area contributed by atoms with E-state index in [2.05, 4.69) is 32.7 Å². The van der Waals surface area contributed by atoms with Crippen LogP contribution in [0.5, 0.6) is 0 Å². The molecule has 0 aliphatic heterocycles. The van der Waals surface area contributed by atoms with Crippen molar-refractivity contribution in [3.8, 4) is 0 Å². The fourth-order valence-electron chi connectivity index (χ4n) is 1.81. The number of pyridine rings is 1. The highest BCUT2D eigenvalue weighted by molar-refractivity contribution is 5.35. The Morgan fingerprint density at radius 1 is 1.21 bits per heavy atom. The maximum atomic E-state index is 4.42. The molecule has 0 unspecified atom stereocenters. The summed E-state index contributed by atoms with van der Waals surface area (Å²) in [6.07, 6.45) is 6.93. The van der Waals surface area contributed by atoms with E-state index in [1.807, 2.05) is 6.20 Å². The number of hydrogen-bond donors (Lipinski definition) is 0. The maximum Gasteiger partial charge on any atom is 0.0404 e. The lowest BCUT2D eigenvalue weighted by Crippen LogP contribution is -2.01. The third-order valence-corrected chi connectivity index (χ3v) is 2.96. The zero-order chi connectivity index (χ0) is 10.6. The fourth-order valence-corrected chi connectivity index (χ4v) is 1.81. The van der Waals surface area contributed by atoms with Crippen molar-refractivity contribution in [1.82, 2.24) is 4.98 Å². The van der Waals surface area contributed by atoms with Gasteiger partial charge in [0.05, 0.1) is 0 Å². The number of unbranched alkanes of at least 4 members (excludes halogenated alkanes) is 1. The molecular formula is C13H21N. The third-order valence-electron chi connectivity index (χ3n) is 2.96. The van der Waals surface area contributed by atoms with Gasteiger partial charge in [0.15, 0.2) is 0 Å². The van der Waals surface area contributed by atoms with E-state index < -0.39 is 0 Å². The molecule has 0 aliphatic carbocycles. The van der Waals surface area contributed by atoms with Crippen LogP contribution < -0.4 is 0 Å². The maximum absolute atomic E-state index is 4.42. The molecule has 0 radical (unpaired) electrons. The van der Waals surface area contributed by atoms with Gasteiger partial charge >= 0.3 is 0 Å². The lowest BCUT2D eigenvalue weighted by Gasteiger charge is -2.12. The molecule has 0 bridgehead atoms. The van der Waals surface area contributed by atoms with Gasteiger partial charge in [-0.2, -0.15) is 0 Å². The van der Waals surface area contributed by atoms with Crippen LogP contribution in [0.3, 0.4) is 0 Å². The van der Waals surface area contributed by atoms with Crippen molar-refractivity contribution in [3.63, 3.8) is 0 Å². The molecule has 0 amide bonds. The Balaban J connectivity index is 3.01. The Morgan fingerprint density at radius 3 is 2.50 bits per heavy atom. The monoisotopic (exact) mass is 191 g/mol. The van der Waals surface area contributed by atoms with Crippen molar-refractivity contribution < 1.29 is 0 Å². The second kappa shape index (κ2) is 5.14. The van der Waals surface area contributed by atoms with Crippen LogP contribution in [0.15, 0.2) is 6.20 Å². The minimum atomic E-state index is 1.10. The van der Waals surface area contributed by atoms with Crippen molar-refractivity contribution in [2.75, 3.05) is 0 Å². The van der Waals surface area contributed by atoms with Crippen molar-refractivity contribution in [2.24, 2.45) is 0 Å². The van der Waals surface area contributed by atoms with Crippen LogP contribution in [0, 0.1) is 13.8 Å². The van der Waals surface area contributed by atoms with Gasteiger partial charge in [0.25, 0.3) is 0 Å². The Morgan fingerprint density at radius 2 is 1.93 bits per heavy atom. The molecule has 0 aliphatic rings. The van der Waals surface area contributed by atoms with Gasteiger partial charge in [-0.05, 0) is 49.8 Å². The molecule has 1 nitrogen and oxygen atoms in total. The van der Waals surface area contributed by atoms with Gasteiger partial charge in [-0.15, -0.1) is 0 Å². The summed E-state index contributed by atoms with van der Waals surface area (Å²) in [5.41, 5.74) is 5.56. The first-order valence-electron chi connectivity index (χ1n) is 5.64. The van der Waals surface area contributed by atoms with E-state index in [0.717, 1.165) is 6.42 Å². The second-order valence-corrected chi connectivity index (χ2v) is 3.93. The number of aryl methyl sites for hydroxylation is 2. The minimum absolute atomic E-state index is 1.10. The number of nitrogens with zero attached hydrogens (tertiary/aromatic N) is 1. The Hall–Kier alpha value is -0.850. The zero-order valence-electron chi connectivity index (χ0n) is 9.85. The molecule has 1 heterocycles. The van der Waals surface area contributed by atoms with E-state index in [1.165, 1.54) is 36.1 Å². The standard InChI is InChI=1S/C13H21N/c1-5-7-8-13-10(3)11(4)14-9-12(13)6-2/h9H,5-8H2,1-4H3. The van der Waals surface area contributed by atoms with Crippen LogP contribution in [-0.2, 0) is 12.8 Å². The highest BCUT2D eigenvalue weighted by Crippen LogP contribution is 2.18. The second-order valence-electron chi connectivity index (χ2n) is 3.93. The molecule has 0 N–H and O–H groups in total. The van der Waals surface area contributed by atoms with E-state index >= 15 is 0 Å². The van der Waals surface area contributed by atoms with E-state index in [9.17, 15) is 0 Å². The topological polar surface area (TPSA) is 12.9 Å². The molecule has 0 saturated carbocycles. The van der Waals surface area contributed by atoms with Gasteiger partial charge < -0.3 is 0 Å². The van der Waals surface area contributed by atoms with Crippen LogP contribution in [0.2, 0.25) is 0 Å². The fraction of sp³-hybridized carbons (Fsp3) is 0.615. The Labute approximate surface area is 87.6 Å². The van der Waals surface area contributed by atoms with Gasteiger partial charge in [0.2, 0.25) is 0 Å². The highest BCUT2D eigenvalue weighted by atomic mass is 14.7. The summed E-state index contributed by atoms with van der Waals surface area (Å²) in [6.45, 7) is 8.76. The molecular weight excluding hydrogens is 170 g/mol. The summed E-state index contributed by atoms with van der Waals surface area (Å²) in [7, 11) is 0. The van der Waals surface area contributed by atoms with Crippen LogP contribution in [0.4, 0.5) is 0 Å². The summed E-state index contributed by atoms with van der Waals surface area (Å²) < 4.78 is 0. The summed E-state index contributed by atoms with van der Waals surface area (Å²) in [6, 6.07) is 0. The van der Waals surface area contributed by atoms with Gasteiger partial charge in [0.1, 0.15) is 0 Å². The number of aromatic nitrogens is 1. The molecule has 14 heavy (non-hydrogen) atoms. The van der Waals surface area contributed by atoms with Crippen molar-refractivity contribution in [1.29, 1.82) is 0 Å². The average Bonchev–Trinajstić information content (AvgIpc) is 2.20. The first kappa shape index (κ1) is 11.2. The molecule has 0 saturated heterocycles. The molecule has 0 aromatic carbocycles. The Bertz CT molecular complexity index is 302. The highest BCUT2D eigenvalue weighted by Gasteiger charge is 2.06. The summed E-state index contributed by atoms with van der Waals surface area (Å²) in [4.78, 5) is 4.42. The Kier molecular flexibility index (Phi) is 4.12. The molecule has 0 fully saturated rings. The van der Waals surface area contributed by atoms with Crippen LogP contribution in [0.1, 0.15) is 49.1 Å². The van der Waals surface area contributed by atoms with Crippen molar-refractivity contribution >= 4 is 0 Å². The first-order valence-corrected chi connectivity index (χ1v) is 5.64. The molecule has 1 heteroatoms. The summed E-state index contributed by atoms with van der Waals surface area (Å²) in [5.74, 6) is 0. The quantitative estimate of drug-likeness (QED) is 0.708. The zero-order valence-corrected chi connectivity index (χ0v) is 9.85. The summed E-state index contributed by atoms with van der Waals surface area (Å²) >= 11 is 0. The third kappa shape index (κ3) is 2.34. The predicted octanol–water partition coefficient (Wildman–Crippen LogP) is 3.60. The molecule has 1 aromatic heterocycles. The van der Waals surface area contributed by atoms with E-state index in [0.29, 0.717) is 0 Å². The van der Waals surface area contributed by atoms with Gasteiger partial charge in [-0.3, -0.25) is 4.98 Å². The average molecular weight is 191 g/mol. The van der Waals surface area contributed by atoms with Crippen LogP contribution >= 0.6 is 0 Å². The van der Waals surface area contributed by atoms with E-state index in [4.69, 9.17) is 0 Å². The normalized spacial score (nSPS) is 10.6. The van der Waals surface area contributed by atoms with Gasteiger partial charge in [-0.25, -0.2) is 0 Å². The molecule has 78 valence electrons. The first-order chi connectivity index (χ1) is 6.70. The lowest BCUT2D eigenvalue weighted by molar-refractivity contribution is 0.778. The number of hydrogen-bond acceptors (Lipinski definition) is 1. The van der Waals surface area contributed by atoms with Crippen molar-refractivity contribution in [2.45, 2.75) is 53.4 Å². The molecule has 0 atom stereocenters. The van der Waals surface area contributed by atoms with Gasteiger partial charge in [-0.1, -0.05) is 20.3 Å².